The highest BCUT2D eigenvalue weighted by Crippen LogP contribution is 2.33. The minimum atomic E-state index is -0.580. The lowest BCUT2D eigenvalue weighted by Gasteiger charge is -2.15. The maximum atomic E-state index is 14.3. The lowest BCUT2D eigenvalue weighted by Crippen LogP contribution is -2.31. The summed E-state index contributed by atoms with van der Waals surface area (Å²) >= 11 is 8.17. The largest absolute Gasteiger partial charge is 0.468 e. The van der Waals surface area contributed by atoms with Crippen molar-refractivity contribution in [3.63, 3.8) is 0 Å². The SMILES string of the molecule is COC(=O)CSc1cc(/N=c2/sc(=O)n3n2CCCC3)c(F)cc1Cl. The third kappa shape index (κ3) is 3.99. The van der Waals surface area contributed by atoms with Gasteiger partial charge in [0.1, 0.15) is 11.5 Å². The van der Waals surface area contributed by atoms with Gasteiger partial charge in [0.15, 0.2) is 0 Å². The highest BCUT2D eigenvalue weighted by atomic mass is 35.5. The molecule has 6 nitrogen and oxygen atoms in total. The van der Waals surface area contributed by atoms with Gasteiger partial charge in [-0.25, -0.2) is 14.1 Å². The van der Waals surface area contributed by atoms with Crippen molar-refractivity contribution in [3.05, 3.63) is 37.4 Å². The first-order valence-corrected chi connectivity index (χ1v) is 9.71. The van der Waals surface area contributed by atoms with Gasteiger partial charge in [-0.3, -0.25) is 14.3 Å². The van der Waals surface area contributed by atoms with E-state index in [1.54, 1.807) is 9.36 Å². The molecule has 134 valence electrons. The number of halogens is 2. The number of esters is 1. The predicted octanol–water partition coefficient (Wildman–Crippen LogP) is 2.80. The maximum absolute atomic E-state index is 14.3. The van der Waals surface area contributed by atoms with Gasteiger partial charge in [0, 0.05) is 18.0 Å². The highest BCUT2D eigenvalue weighted by molar-refractivity contribution is 8.00. The van der Waals surface area contributed by atoms with E-state index in [9.17, 15) is 14.0 Å². The Morgan fingerprint density at radius 3 is 2.84 bits per heavy atom. The van der Waals surface area contributed by atoms with E-state index in [1.165, 1.54) is 13.2 Å². The number of fused-ring (bicyclic) bond motifs is 1. The molecule has 0 radical (unpaired) electrons. The molecule has 10 heteroatoms. The van der Waals surface area contributed by atoms with Crippen molar-refractivity contribution in [2.24, 2.45) is 4.99 Å². The molecule has 0 aliphatic carbocycles. The summed E-state index contributed by atoms with van der Waals surface area (Å²) in [6.45, 7) is 1.32. The average Bonchev–Trinajstić information content (AvgIpc) is 2.92. The summed E-state index contributed by atoms with van der Waals surface area (Å²) in [4.78, 5) is 28.5. The zero-order chi connectivity index (χ0) is 18.0. The molecule has 2 aromatic rings. The molecule has 0 bridgehead atoms. The monoisotopic (exact) mass is 403 g/mol. The molecule has 0 N–H and O–H groups in total. The van der Waals surface area contributed by atoms with Crippen LogP contribution in [0.4, 0.5) is 10.1 Å². The first kappa shape index (κ1) is 18.2. The van der Waals surface area contributed by atoms with E-state index in [1.807, 2.05) is 0 Å². The molecule has 1 aliphatic rings. The Labute approximate surface area is 155 Å². The van der Waals surface area contributed by atoms with Crippen LogP contribution < -0.4 is 9.67 Å². The molecule has 0 saturated carbocycles. The van der Waals surface area contributed by atoms with Crippen molar-refractivity contribution in [2.45, 2.75) is 30.8 Å². The van der Waals surface area contributed by atoms with Crippen LogP contribution in [0.2, 0.25) is 5.02 Å². The van der Waals surface area contributed by atoms with Gasteiger partial charge in [-0.1, -0.05) is 11.6 Å². The fraction of sp³-hybridized carbons (Fsp3) is 0.400. The number of carbonyl (C=O) groups is 1. The van der Waals surface area contributed by atoms with Gasteiger partial charge in [0.05, 0.1) is 17.9 Å². The van der Waals surface area contributed by atoms with E-state index in [2.05, 4.69) is 9.73 Å². The fourth-order valence-corrected chi connectivity index (χ4v) is 4.42. The second-order valence-corrected chi connectivity index (χ2v) is 7.66. The van der Waals surface area contributed by atoms with E-state index >= 15 is 0 Å². The smallest absolute Gasteiger partial charge is 0.325 e. The number of hydrogen-bond acceptors (Lipinski definition) is 6. The fourth-order valence-electron chi connectivity index (χ4n) is 2.43. The number of methoxy groups -OCH3 is 1. The Balaban J connectivity index is 2.00. The third-order valence-electron chi connectivity index (χ3n) is 3.68. The van der Waals surface area contributed by atoms with E-state index in [0.717, 1.165) is 42.0 Å². The summed E-state index contributed by atoms with van der Waals surface area (Å²) in [5, 5.41) is 0.199. The van der Waals surface area contributed by atoms with Crippen LogP contribution in [-0.4, -0.2) is 28.2 Å². The minimum Gasteiger partial charge on any atom is -0.468 e. The first-order chi connectivity index (χ1) is 12.0. The highest BCUT2D eigenvalue weighted by Gasteiger charge is 2.15. The lowest BCUT2D eigenvalue weighted by molar-refractivity contribution is -0.137. The summed E-state index contributed by atoms with van der Waals surface area (Å²) in [6.07, 6.45) is 1.90. The van der Waals surface area contributed by atoms with Crippen LogP contribution in [0.15, 0.2) is 26.8 Å². The van der Waals surface area contributed by atoms with Crippen LogP contribution in [-0.2, 0) is 22.6 Å². The number of benzene rings is 1. The number of rotatable bonds is 4. The van der Waals surface area contributed by atoms with Gasteiger partial charge in [-0.2, -0.15) is 0 Å². The molecule has 25 heavy (non-hydrogen) atoms. The van der Waals surface area contributed by atoms with Crippen molar-refractivity contribution in [1.82, 2.24) is 9.36 Å². The molecule has 0 fully saturated rings. The first-order valence-electron chi connectivity index (χ1n) is 7.53. The van der Waals surface area contributed by atoms with Crippen molar-refractivity contribution < 1.29 is 13.9 Å². The van der Waals surface area contributed by atoms with E-state index in [0.29, 0.717) is 22.8 Å². The van der Waals surface area contributed by atoms with Crippen molar-refractivity contribution in [2.75, 3.05) is 12.9 Å². The maximum Gasteiger partial charge on any atom is 0.325 e. The van der Waals surface area contributed by atoms with Crippen LogP contribution in [0.25, 0.3) is 0 Å². The second kappa shape index (κ2) is 7.76. The minimum absolute atomic E-state index is 0.0605. The molecule has 1 aliphatic heterocycles. The van der Waals surface area contributed by atoms with Gasteiger partial charge >= 0.3 is 10.8 Å². The topological polar surface area (TPSA) is 65.6 Å². The van der Waals surface area contributed by atoms with Gasteiger partial charge in [0.25, 0.3) is 0 Å². The normalized spacial score (nSPS) is 14.4. The van der Waals surface area contributed by atoms with Crippen LogP contribution >= 0.6 is 34.7 Å². The molecule has 0 unspecified atom stereocenters. The van der Waals surface area contributed by atoms with Crippen LogP contribution in [0.1, 0.15) is 12.8 Å². The molecule has 3 rings (SSSR count). The van der Waals surface area contributed by atoms with Gasteiger partial charge < -0.3 is 4.74 Å². The van der Waals surface area contributed by atoms with Crippen LogP contribution in [0.3, 0.4) is 0 Å². The molecule has 0 atom stereocenters. The molecule has 2 heterocycles. The number of nitrogens with zero attached hydrogens (tertiary/aromatic N) is 3. The summed E-state index contributed by atoms with van der Waals surface area (Å²) in [5.41, 5.74) is 0.0829. The Morgan fingerprint density at radius 2 is 2.12 bits per heavy atom. The summed E-state index contributed by atoms with van der Waals surface area (Å²) < 4.78 is 22.3. The Bertz CT molecular complexity index is 935. The van der Waals surface area contributed by atoms with E-state index in [4.69, 9.17) is 11.6 Å². The van der Waals surface area contributed by atoms with E-state index in [-0.39, 0.29) is 21.3 Å². The molecule has 1 aromatic carbocycles. The summed E-state index contributed by atoms with van der Waals surface area (Å²) in [6, 6.07) is 2.64. The predicted molar refractivity (Wildman–Crippen MR) is 95.2 cm³/mol. The molecule has 0 amide bonds. The van der Waals surface area contributed by atoms with Gasteiger partial charge in [-0.15, -0.1) is 11.8 Å². The molecular weight excluding hydrogens is 389 g/mol. The third-order valence-corrected chi connectivity index (χ3v) is 6.01. The van der Waals surface area contributed by atoms with Gasteiger partial charge in [-0.05, 0) is 36.3 Å². The number of thioether (sulfide) groups is 1. The Hall–Kier alpha value is -1.58. The number of carbonyl (C=O) groups excluding carboxylic acids is 1. The standard InChI is InChI=1S/C15H15ClFN3O3S2/c1-23-13(21)8-24-12-7-11(10(17)6-9(12)16)18-14-19-4-2-3-5-20(19)15(22)25-14/h6-7H,2-5,8H2,1H3/b18-14+. The zero-order valence-electron chi connectivity index (χ0n) is 13.3. The molecule has 0 saturated heterocycles. The Morgan fingerprint density at radius 1 is 1.40 bits per heavy atom. The van der Waals surface area contributed by atoms with E-state index < -0.39 is 11.8 Å². The van der Waals surface area contributed by atoms with Crippen molar-refractivity contribution >= 4 is 46.4 Å². The molecule has 0 spiro atoms. The van der Waals surface area contributed by atoms with Crippen molar-refractivity contribution in [3.8, 4) is 0 Å². The lowest BCUT2D eigenvalue weighted by atomic mass is 10.3. The second-order valence-electron chi connectivity index (χ2n) is 5.31. The van der Waals surface area contributed by atoms with Crippen LogP contribution in [0.5, 0.6) is 0 Å². The summed E-state index contributed by atoms with van der Waals surface area (Å²) in [7, 11) is 1.30. The number of hydrogen-bond donors (Lipinski definition) is 0. The zero-order valence-corrected chi connectivity index (χ0v) is 15.7. The quantitative estimate of drug-likeness (QED) is 0.581. The number of ether oxygens (including phenoxy) is 1. The summed E-state index contributed by atoms with van der Waals surface area (Å²) in [5.74, 6) is -0.923. The van der Waals surface area contributed by atoms with Crippen molar-refractivity contribution in [1.29, 1.82) is 0 Å². The molecular formula is C15H15ClFN3O3S2. The average molecular weight is 404 g/mol. The Kier molecular flexibility index (Phi) is 5.65. The number of aromatic nitrogens is 2. The van der Waals surface area contributed by atoms with Crippen LogP contribution in [0, 0.1) is 5.82 Å². The molecule has 1 aromatic heterocycles. The van der Waals surface area contributed by atoms with Gasteiger partial charge in [0.2, 0.25) is 4.80 Å².